The van der Waals surface area contributed by atoms with Gasteiger partial charge < -0.3 is 10.0 Å². The summed E-state index contributed by atoms with van der Waals surface area (Å²) in [6, 6.07) is 0. The average molecular weight is 116 g/mol. The molecule has 0 aromatic heterocycles. The van der Waals surface area contributed by atoms with Gasteiger partial charge in [-0.25, -0.2) is 0 Å². The van der Waals surface area contributed by atoms with E-state index >= 15 is 0 Å². The Bertz CT molecular complexity index is 70.8. The summed E-state index contributed by atoms with van der Waals surface area (Å²) in [5.41, 5.74) is 0. The van der Waals surface area contributed by atoms with Crippen LogP contribution in [0.3, 0.4) is 0 Å². The van der Waals surface area contributed by atoms with Crippen molar-refractivity contribution in [2.45, 2.75) is 0 Å². The second-order valence-corrected chi connectivity index (χ2v) is 1.77. The molecule has 0 radical (unpaired) electrons. The van der Waals surface area contributed by atoms with Crippen LogP contribution in [0.1, 0.15) is 0 Å². The molecule has 0 atom stereocenters. The molecule has 0 rings (SSSR count). The molecular formula is C5H12N2O. The molecule has 0 spiro atoms. The minimum atomic E-state index is -0.103. The van der Waals surface area contributed by atoms with E-state index in [9.17, 15) is 0 Å². The molecular weight excluding hydrogens is 104 g/mol. The highest BCUT2D eigenvalue weighted by molar-refractivity contribution is 5.59. The molecule has 0 aliphatic heterocycles. The van der Waals surface area contributed by atoms with Crippen LogP contribution in [0.15, 0.2) is 4.99 Å². The molecule has 0 aromatic rings. The zero-order chi connectivity index (χ0) is 6.41. The predicted octanol–water partition coefficient (Wildman–Crippen LogP) is -0.431. The standard InChI is InChI=1S/C5H12N2O/c1-7(2)4-3-6-5-8/h3,8H,4-5H2,1-2H3. The summed E-state index contributed by atoms with van der Waals surface area (Å²) >= 11 is 0. The first kappa shape index (κ1) is 7.59. The van der Waals surface area contributed by atoms with Gasteiger partial charge in [0.1, 0.15) is 6.73 Å². The van der Waals surface area contributed by atoms with Crippen LogP contribution in [-0.4, -0.2) is 43.6 Å². The van der Waals surface area contributed by atoms with Gasteiger partial charge in [-0.15, -0.1) is 0 Å². The molecule has 1 N–H and O–H groups in total. The molecule has 0 aliphatic rings. The maximum absolute atomic E-state index is 8.16. The fourth-order valence-electron chi connectivity index (χ4n) is 0.279. The normalized spacial score (nSPS) is 11.5. The van der Waals surface area contributed by atoms with Gasteiger partial charge in [-0.05, 0) is 14.1 Å². The number of hydrogen-bond acceptors (Lipinski definition) is 3. The van der Waals surface area contributed by atoms with Gasteiger partial charge >= 0.3 is 0 Å². The third-order valence-electron chi connectivity index (χ3n) is 0.658. The summed E-state index contributed by atoms with van der Waals surface area (Å²) in [6.45, 7) is 0.689. The van der Waals surface area contributed by atoms with Crippen molar-refractivity contribution in [2.75, 3.05) is 27.4 Å². The van der Waals surface area contributed by atoms with Gasteiger partial charge in [0, 0.05) is 12.8 Å². The number of aliphatic hydroxyl groups is 1. The highest BCUT2D eigenvalue weighted by Gasteiger charge is 1.79. The summed E-state index contributed by atoms with van der Waals surface area (Å²) in [6.07, 6.45) is 1.68. The van der Waals surface area contributed by atoms with Crippen LogP contribution in [0.5, 0.6) is 0 Å². The second kappa shape index (κ2) is 4.74. The van der Waals surface area contributed by atoms with Crippen molar-refractivity contribution >= 4 is 6.21 Å². The maximum atomic E-state index is 8.16. The second-order valence-electron chi connectivity index (χ2n) is 1.77. The van der Waals surface area contributed by atoms with E-state index in [-0.39, 0.29) is 6.73 Å². The van der Waals surface area contributed by atoms with Gasteiger partial charge in [-0.1, -0.05) is 0 Å². The summed E-state index contributed by atoms with van der Waals surface area (Å²) in [5.74, 6) is 0. The topological polar surface area (TPSA) is 35.8 Å². The lowest BCUT2D eigenvalue weighted by molar-refractivity contribution is 0.309. The van der Waals surface area contributed by atoms with E-state index in [0.717, 1.165) is 6.54 Å². The van der Waals surface area contributed by atoms with E-state index in [1.165, 1.54) is 0 Å². The SMILES string of the molecule is CN(C)CC=NCO. The lowest BCUT2D eigenvalue weighted by Crippen LogP contribution is -2.13. The van der Waals surface area contributed by atoms with Crippen LogP contribution in [0, 0.1) is 0 Å². The van der Waals surface area contributed by atoms with E-state index in [2.05, 4.69) is 4.99 Å². The molecule has 3 nitrogen and oxygen atoms in total. The van der Waals surface area contributed by atoms with Gasteiger partial charge in [0.2, 0.25) is 0 Å². The Kier molecular flexibility index (Phi) is 4.50. The third-order valence-corrected chi connectivity index (χ3v) is 0.658. The quantitative estimate of drug-likeness (QED) is 0.508. The molecule has 0 aromatic carbocycles. The summed E-state index contributed by atoms with van der Waals surface area (Å²) < 4.78 is 0. The monoisotopic (exact) mass is 116 g/mol. The zero-order valence-corrected chi connectivity index (χ0v) is 5.33. The Morgan fingerprint density at radius 2 is 2.25 bits per heavy atom. The molecule has 0 bridgehead atoms. The molecule has 0 saturated heterocycles. The fraction of sp³-hybridized carbons (Fsp3) is 0.800. The Morgan fingerprint density at radius 3 is 2.62 bits per heavy atom. The fourth-order valence-corrected chi connectivity index (χ4v) is 0.279. The van der Waals surface area contributed by atoms with Crippen molar-refractivity contribution in [1.82, 2.24) is 4.90 Å². The number of rotatable bonds is 3. The van der Waals surface area contributed by atoms with Crippen LogP contribution < -0.4 is 0 Å². The highest BCUT2D eigenvalue weighted by atomic mass is 16.3. The lowest BCUT2D eigenvalue weighted by atomic mass is 10.6. The van der Waals surface area contributed by atoms with E-state index in [0.29, 0.717) is 0 Å². The predicted molar refractivity (Wildman–Crippen MR) is 34.1 cm³/mol. The molecule has 3 heteroatoms. The maximum Gasteiger partial charge on any atom is 0.133 e. The number of aliphatic imine (C=N–C) groups is 1. The van der Waals surface area contributed by atoms with Crippen molar-refractivity contribution in [1.29, 1.82) is 0 Å². The lowest BCUT2D eigenvalue weighted by Gasteiger charge is -2.01. The van der Waals surface area contributed by atoms with Crippen LogP contribution in [0.4, 0.5) is 0 Å². The molecule has 8 heavy (non-hydrogen) atoms. The van der Waals surface area contributed by atoms with Crippen molar-refractivity contribution in [2.24, 2.45) is 4.99 Å². The van der Waals surface area contributed by atoms with Gasteiger partial charge in [0.25, 0.3) is 0 Å². The number of nitrogens with zero attached hydrogens (tertiary/aromatic N) is 2. The van der Waals surface area contributed by atoms with E-state index in [1.54, 1.807) is 6.21 Å². The first-order valence-corrected chi connectivity index (χ1v) is 2.51. The van der Waals surface area contributed by atoms with Crippen LogP contribution in [0.2, 0.25) is 0 Å². The van der Waals surface area contributed by atoms with E-state index in [1.807, 2.05) is 19.0 Å². The van der Waals surface area contributed by atoms with Crippen molar-refractivity contribution in [3.05, 3.63) is 0 Å². The minimum Gasteiger partial charge on any atom is -0.375 e. The average Bonchev–Trinajstić information content (AvgIpc) is 1.66. The van der Waals surface area contributed by atoms with Gasteiger partial charge in [0.15, 0.2) is 0 Å². The smallest absolute Gasteiger partial charge is 0.133 e. The van der Waals surface area contributed by atoms with E-state index < -0.39 is 0 Å². The van der Waals surface area contributed by atoms with Crippen molar-refractivity contribution < 1.29 is 5.11 Å². The molecule has 0 saturated carbocycles. The first-order valence-electron chi connectivity index (χ1n) is 2.51. The third kappa shape index (κ3) is 5.59. The molecule has 0 aliphatic carbocycles. The largest absolute Gasteiger partial charge is 0.375 e. The molecule has 0 amide bonds. The first-order chi connectivity index (χ1) is 3.77. The highest BCUT2D eigenvalue weighted by Crippen LogP contribution is 1.67. The Labute approximate surface area is 49.6 Å². The molecule has 0 fully saturated rings. The minimum absolute atomic E-state index is 0.103. The zero-order valence-electron chi connectivity index (χ0n) is 5.33. The Hall–Kier alpha value is -0.410. The van der Waals surface area contributed by atoms with Crippen molar-refractivity contribution in [3.8, 4) is 0 Å². The Balaban J connectivity index is 3.03. The number of hydrogen-bond donors (Lipinski definition) is 1. The summed E-state index contributed by atoms with van der Waals surface area (Å²) in [5, 5.41) is 8.16. The molecule has 0 heterocycles. The molecule has 0 unspecified atom stereocenters. The molecule has 48 valence electrons. The summed E-state index contributed by atoms with van der Waals surface area (Å²) in [7, 11) is 3.90. The van der Waals surface area contributed by atoms with Crippen LogP contribution in [0.25, 0.3) is 0 Å². The van der Waals surface area contributed by atoms with Crippen LogP contribution >= 0.6 is 0 Å². The van der Waals surface area contributed by atoms with E-state index in [4.69, 9.17) is 5.11 Å². The van der Waals surface area contributed by atoms with Gasteiger partial charge in [-0.2, -0.15) is 0 Å². The Morgan fingerprint density at radius 1 is 1.62 bits per heavy atom. The van der Waals surface area contributed by atoms with Crippen LogP contribution in [-0.2, 0) is 0 Å². The summed E-state index contributed by atoms with van der Waals surface area (Å²) in [4.78, 5) is 5.57. The van der Waals surface area contributed by atoms with Crippen molar-refractivity contribution in [3.63, 3.8) is 0 Å². The number of aliphatic hydroxyl groups excluding tert-OH is 1. The van der Waals surface area contributed by atoms with Gasteiger partial charge in [-0.3, -0.25) is 4.99 Å². The van der Waals surface area contributed by atoms with Gasteiger partial charge in [0.05, 0.1) is 0 Å².